The number of nitrogens with one attached hydrogen (secondary N) is 1. The summed E-state index contributed by atoms with van der Waals surface area (Å²) in [6.45, 7) is 1.82. The maximum absolute atomic E-state index is 13.7. The van der Waals surface area contributed by atoms with Crippen LogP contribution >= 0.6 is 0 Å². The third-order valence-corrected chi connectivity index (χ3v) is 3.73. The minimum absolute atomic E-state index is 0.320. The Balaban J connectivity index is 1.98. The Hall–Kier alpha value is -2.82. The number of benzene rings is 2. The van der Waals surface area contributed by atoms with Crippen molar-refractivity contribution in [3.63, 3.8) is 0 Å². The van der Waals surface area contributed by atoms with Gasteiger partial charge in [-0.2, -0.15) is 5.10 Å². The van der Waals surface area contributed by atoms with Crippen LogP contribution in [0.15, 0.2) is 42.5 Å². The summed E-state index contributed by atoms with van der Waals surface area (Å²) in [5.74, 6) is -0.662. The van der Waals surface area contributed by atoms with E-state index in [1.165, 1.54) is 24.3 Å². The highest BCUT2D eigenvalue weighted by molar-refractivity contribution is 5.95. The van der Waals surface area contributed by atoms with E-state index < -0.39 is 0 Å². The van der Waals surface area contributed by atoms with Gasteiger partial charge in [0.25, 0.3) is 0 Å². The summed E-state index contributed by atoms with van der Waals surface area (Å²) in [4.78, 5) is 4.44. The van der Waals surface area contributed by atoms with E-state index >= 15 is 0 Å². The molecule has 0 aliphatic rings. The van der Waals surface area contributed by atoms with Crippen LogP contribution in [0.25, 0.3) is 33.2 Å². The smallest absolute Gasteiger partial charge is 0.125 e. The van der Waals surface area contributed by atoms with E-state index in [2.05, 4.69) is 15.2 Å². The Morgan fingerprint density at radius 3 is 2.64 bits per heavy atom. The predicted octanol–water partition coefficient (Wildman–Crippen LogP) is 4.36. The number of nitrogens with zero attached hydrogens (tertiary/aromatic N) is 2. The molecule has 0 radical (unpaired) electrons. The molecule has 4 aromatic rings. The van der Waals surface area contributed by atoms with Gasteiger partial charge in [0, 0.05) is 16.8 Å². The highest BCUT2D eigenvalue weighted by Gasteiger charge is 2.13. The van der Waals surface area contributed by atoms with Crippen LogP contribution in [0.4, 0.5) is 8.78 Å². The molecule has 108 valence electrons. The largest absolute Gasteiger partial charge is 0.277 e. The molecule has 0 amide bonds. The van der Waals surface area contributed by atoms with Gasteiger partial charge in [0.05, 0.1) is 16.7 Å². The summed E-state index contributed by atoms with van der Waals surface area (Å²) in [5, 5.41) is 8.67. The molecule has 0 aliphatic heterocycles. The van der Waals surface area contributed by atoms with E-state index in [4.69, 9.17) is 0 Å². The molecule has 3 nitrogen and oxygen atoms in total. The van der Waals surface area contributed by atoms with Crippen LogP contribution in [0.5, 0.6) is 0 Å². The van der Waals surface area contributed by atoms with Crippen LogP contribution in [0.1, 0.15) is 5.56 Å². The first kappa shape index (κ1) is 12.9. The van der Waals surface area contributed by atoms with Crippen molar-refractivity contribution in [2.45, 2.75) is 6.92 Å². The van der Waals surface area contributed by atoms with Gasteiger partial charge in [-0.15, -0.1) is 0 Å². The first-order chi connectivity index (χ1) is 10.6. The number of fused-ring (bicyclic) bond motifs is 2. The Morgan fingerprint density at radius 2 is 1.77 bits per heavy atom. The second kappa shape index (κ2) is 4.59. The highest BCUT2D eigenvalue weighted by Crippen LogP contribution is 2.29. The monoisotopic (exact) mass is 295 g/mol. The number of halogens is 2. The van der Waals surface area contributed by atoms with E-state index in [1.54, 1.807) is 12.1 Å². The molecule has 1 N–H and O–H groups in total. The van der Waals surface area contributed by atoms with Crippen LogP contribution in [-0.2, 0) is 0 Å². The van der Waals surface area contributed by atoms with Crippen molar-refractivity contribution < 1.29 is 8.78 Å². The van der Waals surface area contributed by atoms with Crippen molar-refractivity contribution in [2.75, 3.05) is 0 Å². The second-order valence-corrected chi connectivity index (χ2v) is 5.25. The van der Waals surface area contributed by atoms with Gasteiger partial charge in [-0.1, -0.05) is 6.07 Å². The number of H-pyrrole nitrogens is 1. The average molecular weight is 295 g/mol. The van der Waals surface area contributed by atoms with Crippen LogP contribution in [0, 0.1) is 18.6 Å². The van der Waals surface area contributed by atoms with Crippen molar-refractivity contribution in [3.05, 3.63) is 59.7 Å². The van der Waals surface area contributed by atoms with Gasteiger partial charge in [-0.3, -0.25) is 5.10 Å². The molecule has 0 spiro atoms. The standard InChI is InChI=1S/C17H11F2N3/c1-9-6-12(19)7-13-16(9)21-22-17(13)14-5-3-10-2-4-11(18)8-15(10)20-14/h2-8H,1H3,(H,21,22). The van der Waals surface area contributed by atoms with Crippen LogP contribution in [-0.4, -0.2) is 15.2 Å². The lowest BCUT2D eigenvalue weighted by atomic mass is 10.1. The summed E-state index contributed by atoms with van der Waals surface area (Å²) in [5.41, 5.74) is 3.23. The molecular weight excluding hydrogens is 284 g/mol. The number of aryl methyl sites for hydroxylation is 1. The van der Waals surface area contributed by atoms with Crippen molar-refractivity contribution in [1.29, 1.82) is 0 Å². The molecule has 22 heavy (non-hydrogen) atoms. The molecular formula is C17H11F2N3. The normalized spacial score (nSPS) is 11.4. The quantitative estimate of drug-likeness (QED) is 0.566. The summed E-state index contributed by atoms with van der Waals surface area (Å²) < 4.78 is 27.0. The van der Waals surface area contributed by atoms with Crippen molar-refractivity contribution >= 4 is 21.8 Å². The zero-order valence-electron chi connectivity index (χ0n) is 11.7. The van der Waals surface area contributed by atoms with Gasteiger partial charge < -0.3 is 0 Å². The van der Waals surface area contributed by atoms with Crippen LogP contribution in [0.3, 0.4) is 0 Å². The third-order valence-electron chi connectivity index (χ3n) is 3.73. The van der Waals surface area contributed by atoms with Crippen molar-refractivity contribution in [2.24, 2.45) is 0 Å². The minimum Gasteiger partial charge on any atom is -0.277 e. The lowest BCUT2D eigenvalue weighted by molar-refractivity contribution is 0.628. The fourth-order valence-corrected chi connectivity index (χ4v) is 2.67. The Morgan fingerprint density at radius 1 is 0.955 bits per heavy atom. The fourth-order valence-electron chi connectivity index (χ4n) is 2.67. The van der Waals surface area contributed by atoms with Crippen molar-refractivity contribution in [1.82, 2.24) is 15.2 Å². The molecule has 2 heterocycles. The summed E-state index contributed by atoms with van der Waals surface area (Å²) in [6, 6.07) is 11.0. The van der Waals surface area contributed by atoms with Crippen LogP contribution in [0.2, 0.25) is 0 Å². The van der Waals surface area contributed by atoms with Gasteiger partial charge in [0.1, 0.15) is 17.3 Å². The van der Waals surface area contributed by atoms with E-state index in [1.807, 2.05) is 13.0 Å². The molecule has 4 rings (SSSR count). The molecule has 0 unspecified atom stereocenters. The molecule has 5 heteroatoms. The summed E-state index contributed by atoms with van der Waals surface area (Å²) >= 11 is 0. The predicted molar refractivity (Wildman–Crippen MR) is 81.5 cm³/mol. The third kappa shape index (κ3) is 1.94. The van der Waals surface area contributed by atoms with Gasteiger partial charge in [0.15, 0.2) is 0 Å². The number of aromatic nitrogens is 3. The minimum atomic E-state index is -0.342. The SMILES string of the molecule is Cc1cc(F)cc2c(-c3ccc4ccc(F)cc4n3)n[nH]c12. The Kier molecular flexibility index (Phi) is 2.69. The zero-order chi connectivity index (χ0) is 15.3. The average Bonchev–Trinajstić information content (AvgIpc) is 2.90. The van der Waals surface area contributed by atoms with Crippen molar-refractivity contribution in [3.8, 4) is 11.4 Å². The number of aromatic amines is 1. The molecule has 2 aromatic carbocycles. The maximum atomic E-state index is 13.7. The second-order valence-electron chi connectivity index (χ2n) is 5.25. The topological polar surface area (TPSA) is 41.6 Å². The van der Waals surface area contributed by atoms with E-state index in [0.717, 1.165) is 16.5 Å². The first-order valence-corrected chi connectivity index (χ1v) is 6.83. The summed E-state index contributed by atoms with van der Waals surface area (Å²) in [6.07, 6.45) is 0. The van der Waals surface area contributed by atoms with Gasteiger partial charge in [-0.05, 0) is 42.8 Å². The number of hydrogen-bond donors (Lipinski definition) is 1. The first-order valence-electron chi connectivity index (χ1n) is 6.83. The number of hydrogen-bond acceptors (Lipinski definition) is 2. The molecule has 0 aliphatic carbocycles. The number of pyridine rings is 1. The van der Waals surface area contributed by atoms with Gasteiger partial charge >= 0.3 is 0 Å². The molecule has 0 saturated carbocycles. The highest BCUT2D eigenvalue weighted by atomic mass is 19.1. The summed E-state index contributed by atoms with van der Waals surface area (Å²) in [7, 11) is 0. The molecule has 0 fully saturated rings. The van der Waals surface area contributed by atoms with E-state index in [9.17, 15) is 8.78 Å². The van der Waals surface area contributed by atoms with Gasteiger partial charge in [0.2, 0.25) is 0 Å². The maximum Gasteiger partial charge on any atom is 0.125 e. The zero-order valence-corrected chi connectivity index (χ0v) is 11.7. The Labute approximate surface area is 124 Å². The molecule has 0 saturated heterocycles. The lowest BCUT2D eigenvalue weighted by Crippen LogP contribution is -1.87. The van der Waals surface area contributed by atoms with Crippen LogP contribution < -0.4 is 0 Å². The van der Waals surface area contributed by atoms with E-state index in [-0.39, 0.29) is 11.6 Å². The Bertz CT molecular complexity index is 1020. The molecule has 0 atom stereocenters. The molecule has 2 aromatic heterocycles. The molecule has 0 bridgehead atoms. The fraction of sp³-hybridized carbons (Fsp3) is 0.0588. The lowest BCUT2D eigenvalue weighted by Gasteiger charge is -2.02. The van der Waals surface area contributed by atoms with E-state index in [0.29, 0.717) is 22.3 Å². The van der Waals surface area contributed by atoms with Gasteiger partial charge in [-0.25, -0.2) is 13.8 Å². The number of rotatable bonds is 1.